The average Bonchev–Trinajstić information content (AvgIpc) is 1.67. The number of hydrogen-bond donors (Lipinski definition) is 0. The third kappa shape index (κ3) is 3.13. The first kappa shape index (κ1) is 8.08. The molecule has 46 valence electrons. The average molecular weight is 175 g/mol. The molecule has 0 aliphatic rings. The van der Waals surface area contributed by atoms with Gasteiger partial charge < -0.3 is 4.74 Å². The summed E-state index contributed by atoms with van der Waals surface area (Å²) in [7, 11) is 0. The first-order chi connectivity index (χ1) is 3.68. The zero-order valence-corrected chi connectivity index (χ0v) is 5.80. The standard InChI is InChI=1S/C3HCl3O2/c4-2(5)3(6)8-1-7/h1H. The summed E-state index contributed by atoms with van der Waals surface area (Å²) >= 11 is 15.2. The molecule has 0 aliphatic heterocycles. The molecule has 0 aromatic carbocycles. The van der Waals surface area contributed by atoms with Gasteiger partial charge in [-0.15, -0.1) is 0 Å². The molecule has 0 unspecified atom stereocenters. The monoisotopic (exact) mass is 174 g/mol. The Balaban J connectivity index is 3.79. The lowest BCUT2D eigenvalue weighted by Crippen LogP contribution is -1.79. The third-order valence-corrected chi connectivity index (χ3v) is 1.11. The second-order valence-electron chi connectivity index (χ2n) is 0.748. The summed E-state index contributed by atoms with van der Waals surface area (Å²) < 4.78 is 3.74. The SMILES string of the molecule is O=COC(Cl)=C(Cl)Cl. The lowest BCUT2D eigenvalue weighted by Gasteiger charge is -1.89. The predicted molar refractivity (Wildman–Crippen MR) is 31.7 cm³/mol. The molecular weight excluding hydrogens is 174 g/mol. The van der Waals surface area contributed by atoms with Crippen molar-refractivity contribution in [1.82, 2.24) is 0 Å². The van der Waals surface area contributed by atoms with E-state index >= 15 is 0 Å². The molecule has 5 heteroatoms. The molecule has 0 aromatic rings. The zero-order chi connectivity index (χ0) is 6.57. The summed E-state index contributed by atoms with van der Waals surface area (Å²) in [6.07, 6.45) is 0. The van der Waals surface area contributed by atoms with Crippen molar-refractivity contribution in [3.8, 4) is 0 Å². The van der Waals surface area contributed by atoms with Crippen LogP contribution in [0.5, 0.6) is 0 Å². The van der Waals surface area contributed by atoms with Crippen LogP contribution in [0, 0.1) is 0 Å². The molecule has 0 radical (unpaired) electrons. The Kier molecular flexibility index (Phi) is 4.05. The van der Waals surface area contributed by atoms with Gasteiger partial charge in [0, 0.05) is 0 Å². The zero-order valence-electron chi connectivity index (χ0n) is 3.53. The molecule has 0 atom stereocenters. The van der Waals surface area contributed by atoms with Gasteiger partial charge in [0.15, 0.2) is 4.49 Å². The van der Waals surface area contributed by atoms with Crippen LogP contribution in [0.25, 0.3) is 0 Å². The molecule has 0 saturated carbocycles. The summed E-state index contributed by atoms with van der Waals surface area (Å²) in [5, 5.41) is -0.316. The molecule has 0 aromatic heterocycles. The normalized spacial score (nSPS) is 7.88. The van der Waals surface area contributed by atoms with Gasteiger partial charge in [0.05, 0.1) is 0 Å². The Bertz CT molecular complexity index is 116. The van der Waals surface area contributed by atoms with Gasteiger partial charge in [0.1, 0.15) is 0 Å². The first-order valence-corrected chi connectivity index (χ1v) is 2.63. The van der Waals surface area contributed by atoms with Crippen molar-refractivity contribution in [3.63, 3.8) is 0 Å². The van der Waals surface area contributed by atoms with Gasteiger partial charge in [-0.3, -0.25) is 4.79 Å². The Morgan fingerprint density at radius 2 is 1.88 bits per heavy atom. The molecule has 0 heterocycles. The fourth-order valence-electron chi connectivity index (χ4n) is 0.0868. The van der Waals surface area contributed by atoms with E-state index < -0.39 is 0 Å². The molecule has 0 spiro atoms. The van der Waals surface area contributed by atoms with Crippen LogP contribution in [0.3, 0.4) is 0 Å². The summed E-state index contributed by atoms with van der Waals surface area (Å²) in [4.78, 5) is 9.46. The van der Waals surface area contributed by atoms with Gasteiger partial charge in [-0.25, -0.2) is 0 Å². The lowest BCUT2D eigenvalue weighted by atomic mass is 11.1. The highest BCUT2D eigenvalue weighted by molar-refractivity contribution is 6.59. The van der Waals surface area contributed by atoms with Gasteiger partial charge >= 0.3 is 0 Å². The highest BCUT2D eigenvalue weighted by Gasteiger charge is 1.96. The minimum absolute atomic E-state index is 0.132. The molecule has 0 amide bonds. The van der Waals surface area contributed by atoms with Crippen LogP contribution in [0.1, 0.15) is 0 Å². The van der Waals surface area contributed by atoms with Gasteiger partial charge in [-0.1, -0.05) is 23.2 Å². The summed E-state index contributed by atoms with van der Waals surface area (Å²) in [5.74, 6) is 0. The fourth-order valence-corrected chi connectivity index (χ4v) is 0.212. The van der Waals surface area contributed by atoms with E-state index in [-0.39, 0.29) is 16.2 Å². The Hall–Kier alpha value is 0.0800. The van der Waals surface area contributed by atoms with Crippen LogP contribution in [0.15, 0.2) is 9.71 Å². The third-order valence-electron chi connectivity index (χ3n) is 0.300. The van der Waals surface area contributed by atoms with Gasteiger partial charge in [-0.2, -0.15) is 0 Å². The minimum Gasteiger partial charge on any atom is -0.414 e. The van der Waals surface area contributed by atoms with E-state index in [1.165, 1.54) is 0 Å². The molecule has 0 fully saturated rings. The van der Waals surface area contributed by atoms with E-state index in [4.69, 9.17) is 34.8 Å². The second-order valence-corrected chi connectivity index (χ2v) is 2.04. The predicted octanol–water partition coefficient (Wildman–Crippen LogP) is 2.00. The Morgan fingerprint density at radius 3 is 2.00 bits per heavy atom. The number of hydrogen-bond acceptors (Lipinski definition) is 2. The van der Waals surface area contributed by atoms with E-state index in [1.54, 1.807) is 0 Å². The number of rotatable bonds is 2. The van der Waals surface area contributed by atoms with Gasteiger partial charge in [-0.05, 0) is 11.6 Å². The molecule has 0 saturated heterocycles. The number of carbonyl (C=O) groups is 1. The maximum atomic E-state index is 9.46. The molecule has 0 aliphatic carbocycles. The molecular formula is C3HCl3O2. The van der Waals surface area contributed by atoms with E-state index in [1.807, 2.05) is 0 Å². The molecule has 0 rings (SSSR count). The lowest BCUT2D eigenvalue weighted by molar-refractivity contribution is -0.124. The summed E-state index contributed by atoms with van der Waals surface area (Å²) in [6.45, 7) is 0.132. The highest BCUT2D eigenvalue weighted by atomic mass is 35.5. The molecule has 8 heavy (non-hydrogen) atoms. The van der Waals surface area contributed by atoms with Crippen LogP contribution < -0.4 is 0 Å². The van der Waals surface area contributed by atoms with Crippen LogP contribution in [-0.4, -0.2) is 6.47 Å². The smallest absolute Gasteiger partial charge is 0.299 e. The number of carbonyl (C=O) groups excluding carboxylic acids is 1. The van der Waals surface area contributed by atoms with Crippen molar-refractivity contribution >= 4 is 41.3 Å². The van der Waals surface area contributed by atoms with Crippen molar-refractivity contribution in [3.05, 3.63) is 9.71 Å². The summed E-state index contributed by atoms with van der Waals surface area (Å²) in [5.41, 5.74) is 0. The van der Waals surface area contributed by atoms with Gasteiger partial charge in [0.25, 0.3) is 6.47 Å². The van der Waals surface area contributed by atoms with Crippen molar-refractivity contribution in [2.45, 2.75) is 0 Å². The van der Waals surface area contributed by atoms with Crippen LogP contribution in [-0.2, 0) is 9.53 Å². The van der Waals surface area contributed by atoms with Crippen molar-refractivity contribution in [2.24, 2.45) is 0 Å². The maximum Gasteiger partial charge on any atom is 0.299 e. The maximum absolute atomic E-state index is 9.46. The first-order valence-electron chi connectivity index (χ1n) is 1.49. The van der Waals surface area contributed by atoms with Gasteiger partial charge in [0.2, 0.25) is 5.22 Å². The number of ether oxygens (including phenoxy) is 1. The summed E-state index contributed by atoms with van der Waals surface area (Å²) in [6, 6.07) is 0. The van der Waals surface area contributed by atoms with E-state index in [0.717, 1.165) is 0 Å². The Labute approximate surface area is 61.0 Å². The quantitative estimate of drug-likeness (QED) is 0.474. The van der Waals surface area contributed by atoms with E-state index in [9.17, 15) is 4.79 Å². The second kappa shape index (κ2) is 4.01. The van der Waals surface area contributed by atoms with Crippen molar-refractivity contribution in [1.29, 1.82) is 0 Å². The van der Waals surface area contributed by atoms with Crippen LogP contribution >= 0.6 is 34.8 Å². The molecule has 2 nitrogen and oxygen atoms in total. The largest absolute Gasteiger partial charge is 0.414 e. The van der Waals surface area contributed by atoms with Crippen molar-refractivity contribution in [2.75, 3.05) is 0 Å². The van der Waals surface area contributed by atoms with E-state index in [0.29, 0.717) is 0 Å². The number of halogens is 3. The fraction of sp³-hybridized carbons (Fsp3) is 0. The highest BCUT2D eigenvalue weighted by Crippen LogP contribution is 2.17. The van der Waals surface area contributed by atoms with Crippen LogP contribution in [0.4, 0.5) is 0 Å². The molecule has 0 bridgehead atoms. The minimum atomic E-state index is -0.316. The molecule has 0 N–H and O–H groups in total. The van der Waals surface area contributed by atoms with E-state index in [2.05, 4.69) is 4.74 Å². The topological polar surface area (TPSA) is 26.3 Å². The Morgan fingerprint density at radius 1 is 1.38 bits per heavy atom. The van der Waals surface area contributed by atoms with Crippen LogP contribution in [0.2, 0.25) is 0 Å². The van der Waals surface area contributed by atoms with Crippen molar-refractivity contribution < 1.29 is 9.53 Å².